The number of esters is 1. The lowest BCUT2D eigenvalue weighted by Gasteiger charge is -2.10. The molecule has 24 heavy (non-hydrogen) atoms. The van der Waals surface area contributed by atoms with Crippen molar-refractivity contribution >= 4 is 23.4 Å². The first-order valence-electron chi connectivity index (χ1n) is 7.53. The summed E-state index contributed by atoms with van der Waals surface area (Å²) in [6, 6.07) is 12.6. The van der Waals surface area contributed by atoms with Crippen LogP contribution in [0.4, 0.5) is 11.5 Å². The Labute approximate surface area is 140 Å². The quantitative estimate of drug-likeness (QED) is 0.369. The summed E-state index contributed by atoms with van der Waals surface area (Å²) in [5.74, 6) is -0.735. The number of hydrogen-bond donors (Lipinski definition) is 2. The number of anilines is 2. The van der Waals surface area contributed by atoms with Gasteiger partial charge in [-0.2, -0.15) is 0 Å². The largest absolute Gasteiger partial charge is 0.462 e. The van der Waals surface area contributed by atoms with Gasteiger partial charge in [0.05, 0.1) is 6.61 Å². The van der Waals surface area contributed by atoms with Gasteiger partial charge in [0.1, 0.15) is 11.4 Å². The molecule has 0 atom stereocenters. The molecule has 0 unspecified atom stereocenters. The fraction of sp³-hybridized carbons (Fsp3) is 0.167. The zero-order chi connectivity index (χ0) is 17.4. The summed E-state index contributed by atoms with van der Waals surface area (Å²) in [5.41, 5.74) is 1.40. The van der Waals surface area contributed by atoms with Crippen LogP contribution in [-0.2, 0) is 14.3 Å². The van der Waals surface area contributed by atoms with E-state index in [4.69, 9.17) is 4.74 Å². The number of benzene rings is 1. The molecule has 1 aromatic heterocycles. The molecule has 0 aliphatic heterocycles. The summed E-state index contributed by atoms with van der Waals surface area (Å²) in [5, 5.41) is 5.55. The average Bonchev–Trinajstić information content (AvgIpc) is 2.58. The Bertz CT molecular complexity index is 742. The molecule has 1 heterocycles. The monoisotopic (exact) mass is 325 g/mol. The maximum absolute atomic E-state index is 12.5. The Hall–Kier alpha value is -3.15. The van der Waals surface area contributed by atoms with Gasteiger partial charge in [-0.05, 0) is 37.6 Å². The fourth-order valence-electron chi connectivity index (χ4n) is 1.92. The molecular formula is C18H19N3O3. The molecule has 1 amide bonds. The highest BCUT2D eigenvalue weighted by molar-refractivity contribution is 6.21. The molecule has 1 aromatic carbocycles. The number of hydrogen-bond acceptors (Lipinski definition) is 5. The third-order valence-electron chi connectivity index (χ3n) is 3.16. The van der Waals surface area contributed by atoms with E-state index < -0.39 is 11.9 Å². The van der Waals surface area contributed by atoms with Crippen molar-refractivity contribution in [3.8, 4) is 0 Å². The standard InChI is InChI=1S/C18H19N3O3/c1-3-24-18(23)14(12-20-16-10-6-7-11-19-16)17(22)21-15-9-5-4-8-13(15)2/h4-12H,3H2,1-2H3,(H,19,20)(H,21,22). The lowest BCUT2D eigenvalue weighted by molar-refractivity contribution is -0.139. The summed E-state index contributed by atoms with van der Waals surface area (Å²) >= 11 is 0. The van der Waals surface area contributed by atoms with Gasteiger partial charge in [-0.15, -0.1) is 0 Å². The normalized spacial score (nSPS) is 10.8. The third kappa shape index (κ3) is 4.67. The molecule has 0 fully saturated rings. The third-order valence-corrected chi connectivity index (χ3v) is 3.16. The van der Waals surface area contributed by atoms with Crippen LogP contribution in [0.3, 0.4) is 0 Å². The number of carbonyl (C=O) groups is 2. The van der Waals surface area contributed by atoms with E-state index in [2.05, 4.69) is 15.6 Å². The number of nitrogens with one attached hydrogen (secondary N) is 2. The topological polar surface area (TPSA) is 80.3 Å². The van der Waals surface area contributed by atoms with Crippen LogP contribution in [0.1, 0.15) is 12.5 Å². The highest BCUT2D eigenvalue weighted by Crippen LogP contribution is 2.15. The van der Waals surface area contributed by atoms with Crippen LogP contribution in [0.5, 0.6) is 0 Å². The van der Waals surface area contributed by atoms with E-state index in [1.165, 1.54) is 6.20 Å². The predicted octanol–water partition coefficient (Wildman–Crippen LogP) is 2.89. The smallest absolute Gasteiger partial charge is 0.345 e. The van der Waals surface area contributed by atoms with E-state index in [0.717, 1.165) is 5.56 Å². The van der Waals surface area contributed by atoms with Gasteiger partial charge in [0.25, 0.3) is 5.91 Å². The maximum Gasteiger partial charge on any atom is 0.345 e. The minimum atomic E-state index is -0.702. The number of nitrogens with zero attached hydrogens (tertiary/aromatic N) is 1. The Morgan fingerprint density at radius 1 is 1.17 bits per heavy atom. The van der Waals surface area contributed by atoms with Crippen LogP contribution in [-0.4, -0.2) is 23.5 Å². The molecule has 2 aromatic rings. The Morgan fingerprint density at radius 3 is 2.58 bits per heavy atom. The molecule has 2 rings (SSSR count). The summed E-state index contributed by atoms with van der Waals surface area (Å²) in [6.07, 6.45) is 2.90. The number of aryl methyl sites for hydroxylation is 1. The van der Waals surface area contributed by atoms with Crippen LogP contribution in [0.25, 0.3) is 0 Å². The van der Waals surface area contributed by atoms with Gasteiger partial charge in [-0.3, -0.25) is 4.79 Å². The van der Waals surface area contributed by atoms with Crippen molar-refractivity contribution in [1.29, 1.82) is 0 Å². The van der Waals surface area contributed by atoms with Gasteiger partial charge in [-0.25, -0.2) is 9.78 Å². The molecule has 2 N–H and O–H groups in total. The summed E-state index contributed by atoms with van der Waals surface area (Å²) in [4.78, 5) is 28.6. The van der Waals surface area contributed by atoms with Crippen molar-refractivity contribution in [3.63, 3.8) is 0 Å². The summed E-state index contributed by atoms with van der Waals surface area (Å²) < 4.78 is 4.95. The van der Waals surface area contributed by atoms with E-state index in [0.29, 0.717) is 11.5 Å². The molecule has 0 spiro atoms. The molecule has 0 aliphatic carbocycles. The van der Waals surface area contributed by atoms with E-state index in [1.807, 2.05) is 25.1 Å². The highest BCUT2D eigenvalue weighted by atomic mass is 16.5. The number of pyridine rings is 1. The van der Waals surface area contributed by atoms with Gasteiger partial charge >= 0.3 is 5.97 Å². The number of carbonyl (C=O) groups excluding carboxylic acids is 2. The van der Waals surface area contributed by atoms with Crippen LogP contribution in [0.15, 0.2) is 60.4 Å². The van der Waals surface area contributed by atoms with Gasteiger partial charge < -0.3 is 15.4 Å². The van der Waals surface area contributed by atoms with E-state index >= 15 is 0 Å². The molecule has 0 radical (unpaired) electrons. The molecule has 6 heteroatoms. The van der Waals surface area contributed by atoms with Crippen LogP contribution >= 0.6 is 0 Å². The molecular weight excluding hydrogens is 306 g/mol. The highest BCUT2D eigenvalue weighted by Gasteiger charge is 2.20. The van der Waals surface area contributed by atoms with Gasteiger partial charge in [0, 0.05) is 18.1 Å². The molecule has 124 valence electrons. The van der Waals surface area contributed by atoms with Crippen molar-refractivity contribution in [3.05, 3.63) is 66.0 Å². The van der Waals surface area contributed by atoms with Crippen molar-refractivity contribution in [1.82, 2.24) is 4.98 Å². The Balaban J connectivity index is 2.20. The Kier molecular flexibility index (Phi) is 6.08. The number of aromatic nitrogens is 1. The van der Waals surface area contributed by atoms with Crippen LogP contribution in [0.2, 0.25) is 0 Å². The van der Waals surface area contributed by atoms with Crippen molar-refractivity contribution in [2.75, 3.05) is 17.2 Å². The molecule has 0 saturated heterocycles. The molecule has 0 bridgehead atoms. The predicted molar refractivity (Wildman–Crippen MR) is 92.4 cm³/mol. The second-order valence-corrected chi connectivity index (χ2v) is 4.91. The average molecular weight is 325 g/mol. The molecule has 6 nitrogen and oxygen atoms in total. The minimum Gasteiger partial charge on any atom is -0.462 e. The van der Waals surface area contributed by atoms with E-state index in [1.54, 1.807) is 37.4 Å². The minimum absolute atomic E-state index is 0.134. The van der Waals surface area contributed by atoms with E-state index in [-0.39, 0.29) is 12.2 Å². The number of para-hydroxylation sites is 1. The Morgan fingerprint density at radius 2 is 1.92 bits per heavy atom. The second-order valence-electron chi connectivity index (χ2n) is 4.91. The van der Waals surface area contributed by atoms with Crippen LogP contribution < -0.4 is 10.6 Å². The SMILES string of the molecule is CCOC(=O)C(=CNc1ccccn1)C(=O)Nc1ccccc1C. The van der Waals surface area contributed by atoms with Gasteiger partial charge in [-0.1, -0.05) is 24.3 Å². The first-order chi connectivity index (χ1) is 11.6. The molecule has 0 saturated carbocycles. The molecule has 0 aliphatic rings. The zero-order valence-corrected chi connectivity index (χ0v) is 13.6. The summed E-state index contributed by atoms with van der Waals surface area (Å²) in [7, 11) is 0. The van der Waals surface area contributed by atoms with Crippen molar-refractivity contribution < 1.29 is 14.3 Å². The first kappa shape index (κ1) is 17.2. The fourth-order valence-corrected chi connectivity index (χ4v) is 1.92. The lowest BCUT2D eigenvalue weighted by Crippen LogP contribution is -2.23. The number of rotatable bonds is 6. The first-order valence-corrected chi connectivity index (χ1v) is 7.53. The summed E-state index contributed by atoms with van der Waals surface area (Å²) in [6.45, 7) is 3.73. The van der Waals surface area contributed by atoms with E-state index in [9.17, 15) is 9.59 Å². The van der Waals surface area contributed by atoms with Crippen molar-refractivity contribution in [2.24, 2.45) is 0 Å². The van der Waals surface area contributed by atoms with Gasteiger partial charge in [0.2, 0.25) is 0 Å². The van der Waals surface area contributed by atoms with Crippen LogP contribution in [0, 0.1) is 6.92 Å². The zero-order valence-electron chi connectivity index (χ0n) is 13.6. The lowest BCUT2D eigenvalue weighted by atomic mass is 10.2. The second kappa shape index (κ2) is 8.47. The number of amides is 1. The van der Waals surface area contributed by atoms with Gasteiger partial charge in [0.15, 0.2) is 0 Å². The van der Waals surface area contributed by atoms with Crippen molar-refractivity contribution in [2.45, 2.75) is 13.8 Å². The number of ether oxygens (including phenoxy) is 1. The maximum atomic E-state index is 12.5.